The molecule has 0 aliphatic rings. The molecule has 2 N–H and O–H groups in total. The van der Waals surface area contributed by atoms with E-state index in [0.717, 1.165) is 11.1 Å². The fraction of sp³-hybridized carbons (Fsp3) is 0.143. The molecular weight excluding hydrogens is 266 g/mol. The summed E-state index contributed by atoms with van der Waals surface area (Å²) in [6, 6.07) is 9.57. The summed E-state index contributed by atoms with van der Waals surface area (Å²) in [5, 5.41) is 19.8. The lowest BCUT2D eigenvalue weighted by atomic mass is 10.2. The minimum absolute atomic E-state index is 0.489. The second-order valence-electron chi connectivity index (χ2n) is 4.44. The van der Waals surface area contributed by atoms with Gasteiger partial charge in [-0.15, -0.1) is 0 Å². The topological polar surface area (TPSA) is 93.5 Å². The number of nitrogens with one attached hydrogen (secondary N) is 2. The zero-order valence-electron chi connectivity index (χ0n) is 11.6. The van der Waals surface area contributed by atoms with Gasteiger partial charge in [0.2, 0.25) is 5.95 Å². The molecule has 0 spiro atoms. The fourth-order valence-electron chi connectivity index (χ4n) is 2.16. The molecule has 3 rings (SSSR count). The summed E-state index contributed by atoms with van der Waals surface area (Å²) in [6.07, 6.45) is 1.68. The zero-order valence-corrected chi connectivity index (χ0v) is 11.6. The summed E-state index contributed by atoms with van der Waals surface area (Å²) in [7, 11) is 3.62. The number of para-hydroxylation sites is 1. The third kappa shape index (κ3) is 2.12. The van der Waals surface area contributed by atoms with Crippen LogP contribution >= 0.6 is 0 Å². The maximum atomic E-state index is 9.25. The standard InChI is InChI=1S/C14H13N7/c1-16-14-18-12-10(8-17-20-12)13(19-14)21(2)11-6-4-3-5-9(11)7-15/h3-6,8H,1-2H3,(H2,16,17,18,19,20). The van der Waals surface area contributed by atoms with Gasteiger partial charge in [-0.1, -0.05) is 12.1 Å². The van der Waals surface area contributed by atoms with E-state index in [1.165, 1.54) is 0 Å². The first-order chi connectivity index (χ1) is 10.2. The quantitative estimate of drug-likeness (QED) is 0.762. The third-order valence-electron chi connectivity index (χ3n) is 3.22. The molecule has 7 heteroatoms. The van der Waals surface area contributed by atoms with Crippen molar-refractivity contribution < 1.29 is 0 Å². The van der Waals surface area contributed by atoms with Gasteiger partial charge in [0.1, 0.15) is 11.9 Å². The number of benzene rings is 1. The molecule has 3 aromatic rings. The number of nitriles is 1. The van der Waals surface area contributed by atoms with Crippen LogP contribution in [0, 0.1) is 11.3 Å². The SMILES string of the molecule is CNc1nc(N(C)c2ccccc2C#N)c2cn[nH]c2n1. The third-order valence-corrected chi connectivity index (χ3v) is 3.22. The van der Waals surface area contributed by atoms with Gasteiger partial charge in [0, 0.05) is 14.1 Å². The van der Waals surface area contributed by atoms with E-state index in [9.17, 15) is 5.26 Å². The molecule has 2 heterocycles. The van der Waals surface area contributed by atoms with Gasteiger partial charge in [-0.3, -0.25) is 5.10 Å². The molecular formula is C14H13N7. The van der Waals surface area contributed by atoms with Crippen molar-refractivity contribution in [3.63, 3.8) is 0 Å². The first-order valence-electron chi connectivity index (χ1n) is 6.36. The number of hydrogen-bond donors (Lipinski definition) is 2. The molecule has 7 nitrogen and oxygen atoms in total. The Morgan fingerprint density at radius 1 is 1.29 bits per heavy atom. The van der Waals surface area contributed by atoms with Crippen LogP contribution in [0.3, 0.4) is 0 Å². The van der Waals surface area contributed by atoms with Crippen molar-refractivity contribution in [2.75, 3.05) is 24.3 Å². The fourth-order valence-corrected chi connectivity index (χ4v) is 2.16. The van der Waals surface area contributed by atoms with Gasteiger partial charge in [0.15, 0.2) is 5.65 Å². The van der Waals surface area contributed by atoms with E-state index in [-0.39, 0.29) is 0 Å². The highest BCUT2D eigenvalue weighted by Crippen LogP contribution is 2.30. The predicted octanol–water partition coefficient (Wildman–Crippen LogP) is 2.03. The Labute approximate surface area is 121 Å². The number of nitrogens with zero attached hydrogens (tertiary/aromatic N) is 5. The Morgan fingerprint density at radius 2 is 2.10 bits per heavy atom. The Hall–Kier alpha value is -3.14. The number of H-pyrrole nitrogens is 1. The summed E-state index contributed by atoms with van der Waals surface area (Å²) in [4.78, 5) is 10.6. The summed E-state index contributed by atoms with van der Waals surface area (Å²) >= 11 is 0. The molecule has 1 aromatic carbocycles. The summed E-state index contributed by atoms with van der Waals surface area (Å²) in [5.41, 5.74) is 2.01. The van der Waals surface area contributed by atoms with Crippen LogP contribution in [0.2, 0.25) is 0 Å². The van der Waals surface area contributed by atoms with Crippen molar-refractivity contribution in [1.82, 2.24) is 20.2 Å². The lowest BCUT2D eigenvalue weighted by Crippen LogP contribution is -2.14. The van der Waals surface area contributed by atoms with E-state index < -0.39 is 0 Å². The molecule has 0 aliphatic carbocycles. The molecule has 2 aromatic heterocycles. The maximum absolute atomic E-state index is 9.25. The Morgan fingerprint density at radius 3 is 2.86 bits per heavy atom. The van der Waals surface area contributed by atoms with E-state index in [4.69, 9.17) is 0 Å². The van der Waals surface area contributed by atoms with Gasteiger partial charge < -0.3 is 10.2 Å². The number of hydrogen-bond acceptors (Lipinski definition) is 6. The molecule has 0 saturated carbocycles. The molecule has 0 unspecified atom stereocenters. The molecule has 0 bridgehead atoms. The molecule has 21 heavy (non-hydrogen) atoms. The molecule has 0 saturated heterocycles. The van der Waals surface area contributed by atoms with Crippen LogP contribution in [0.15, 0.2) is 30.5 Å². The molecule has 0 radical (unpaired) electrons. The first-order valence-corrected chi connectivity index (χ1v) is 6.36. The number of rotatable bonds is 3. The van der Waals surface area contributed by atoms with Crippen LogP contribution < -0.4 is 10.2 Å². The number of aromatic amines is 1. The molecule has 0 aliphatic heterocycles. The van der Waals surface area contributed by atoms with Gasteiger partial charge in [0.05, 0.1) is 22.8 Å². The van der Waals surface area contributed by atoms with Crippen molar-refractivity contribution in [2.45, 2.75) is 0 Å². The molecule has 104 valence electrons. The Balaban J connectivity index is 2.19. The minimum atomic E-state index is 0.489. The van der Waals surface area contributed by atoms with Crippen LogP contribution in [-0.4, -0.2) is 34.3 Å². The highest BCUT2D eigenvalue weighted by atomic mass is 15.2. The average Bonchev–Trinajstić information content (AvgIpc) is 3.01. The first kappa shape index (κ1) is 12.9. The highest BCUT2D eigenvalue weighted by molar-refractivity contribution is 5.90. The largest absolute Gasteiger partial charge is 0.357 e. The van der Waals surface area contributed by atoms with Gasteiger partial charge in [-0.25, -0.2) is 0 Å². The van der Waals surface area contributed by atoms with Gasteiger partial charge in [-0.05, 0) is 12.1 Å². The van der Waals surface area contributed by atoms with Crippen molar-refractivity contribution in [2.24, 2.45) is 0 Å². The van der Waals surface area contributed by atoms with E-state index in [1.54, 1.807) is 19.3 Å². The smallest absolute Gasteiger partial charge is 0.226 e. The second kappa shape index (κ2) is 5.09. The van der Waals surface area contributed by atoms with Crippen LogP contribution in [0.1, 0.15) is 5.56 Å². The lowest BCUT2D eigenvalue weighted by Gasteiger charge is -2.20. The van der Waals surface area contributed by atoms with Crippen molar-refractivity contribution in [1.29, 1.82) is 5.26 Å². The lowest BCUT2D eigenvalue weighted by molar-refractivity contribution is 1.07. The van der Waals surface area contributed by atoms with Gasteiger partial charge in [-0.2, -0.15) is 20.3 Å². The highest BCUT2D eigenvalue weighted by Gasteiger charge is 2.16. The average molecular weight is 279 g/mol. The van der Waals surface area contributed by atoms with Crippen molar-refractivity contribution >= 4 is 28.5 Å². The van der Waals surface area contributed by atoms with E-state index >= 15 is 0 Å². The maximum Gasteiger partial charge on any atom is 0.226 e. The molecule has 0 fully saturated rings. The summed E-state index contributed by atoms with van der Waals surface area (Å²) in [5.74, 6) is 1.17. The van der Waals surface area contributed by atoms with Crippen molar-refractivity contribution in [3.8, 4) is 6.07 Å². The van der Waals surface area contributed by atoms with E-state index in [1.807, 2.05) is 30.1 Å². The van der Waals surface area contributed by atoms with Gasteiger partial charge in [0.25, 0.3) is 0 Å². The second-order valence-corrected chi connectivity index (χ2v) is 4.44. The Kier molecular flexibility index (Phi) is 3.12. The molecule has 0 atom stereocenters. The number of fused-ring (bicyclic) bond motifs is 1. The van der Waals surface area contributed by atoms with Crippen LogP contribution in [0.4, 0.5) is 17.5 Å². The Bertz CT molecular complexity index is 831. The van der Waals surface area contributed by atoms with E-state index in [0.29, 0.717) is 23.0 Å². The normalized spacial score (nSPS) is 10.3. The summed E-state index contributed by atoms with van der Waals surface area (Å²) in [6.45, 7) is 0. The van der Waals surface area contributed by atoms with Crippen LogP contribution in [0.5, 0.6) is 0 Å². The number of anilines is 3. The van der Waals surface area contributed by atoms with E-state index in [2.05, 4.69) is 31.6 Å². The van der Waals surface area contributed by atoms with Crippen LogP contribution in [-0.2, 0) is 0 Å². The van der Waals surface area contributed by atoms with Gasteiger partial charge >= 0.3 is 0 Å². The minimum Gasteiger partial charge on any atom is -0.357 e. The van der Waals surface area contributed by atoms with Crippen LogP contribution in [0.25, 0.3) is 11.0 Å². The predicted molar refractivity (Wildman–Crippen MR) is 80.5 cm³/mol. The zero-order chi connectivity index (χ0) is 14.8. The monoisotopic (exact) mass is 279 g/mol. The number of aromatic nitrogens is 4. The van der Waals surface area contributed by atoms with Crippen molar-refractivity contribution in [3.05, 3.63) is 36.0 Å². The molecule has 0 amide bonds. The summed E-state index contributed by atoms with van der Waals surface area (Å²) < 4.78 is 0.